The van der Waals surface area contributed by atoms with E-state index in [1.165, 1.54) is 0 Å². The molecule has 0 aliphatic heterocycles. The van der Waals surface area contributed by atoms with Crippen LogP contribution in [0.15, 0.2) is 54.7 Å². The van der Waals surface area contributed by atoms with Crippen LogP contribution in [0.25, 0.3) is 0 Å². The van der Waals surface area contributed by atoms with Gasteiger partial charge in [0.05, 0.1) is 18.3 Å². The zero-order chi connectivity index (χ0) is 16.9. The second-order valence-electron chi connectivity index (χ2n) is 6.35. The third-order valence-electron chi connectivity index (χ3n) is 4.42. The molecule has 126 valence electrons. The summed E-state index contributed by atoms with van der Waals surface area (Å²) in [6.45, 7) is 4.33. The monoisotopic (exact) mass is 324 g/mol. The van der Waals surface area contributed by atoms with Crippen molar-refractivity contribution in [2.75, 3.05) is 0 Å². The smallest absolute Gasteiger partial charge is 0.252 e. The fourth-order valence-corrected chi connectivity index (χ4v) is 2.88. The summed E-state index contributed by atoms with van der Waals surface area (Å²) in [6, 6.07) is 16.1. The minimum atomic E-state index is -0.461. The van der Waals surface area contributed by atoms with Gasteiger partial charge < -0.3 is 9.64 Å². The Balaban J connectivity index is 1.66. The van der Waals surface area contributed by atoms with E-state index in [9.17, 15) is 4.79 Å². The fourth-order valence-electron chi connectivity index (χ4n) is 2.88. The molecule has 1 fully saturated rings. The Morgan fingerprint density at radius 2 is 1.88 bits per heavy atom. The average molecular weight is 324 g/mol. The number of rotatable bonds is 7. The minimum absolute atomic E-state index is 0.0334. The summed E-state index contributed by atoms with van der Waals surface area (Å²) in [7, 11) is 0. The Morgan fingerprint density at radius 1 is 1.17 bits per heavy atom. The van der Waals surface area contributed by atoms with Gasteiger partial charge in [-0.05, 0) is 44.4 Å². The molecule has 0 radical (unpaired) electrons. The molecule has 1 heterocycles. The number of amides is 1. The summed E-state index contributed by atoms with van der Waals surface area (Å²) in [5.41, 5.74) is 2.00. The molecule has 0 unspecified atom stereocenters. The summed E-state index contributed by atoms with van der Waals surface area (Å²) in [5.74, 6) is 0.0478. The van der Waals surface area contributed by atoms with Gasteiger partial charge in [-0.3, -0.25) is 9.78 Å². The van der Waals surface area contributed by atoms with Crippen molar-refractivity contribution in [3.05, 3.63) is 66.0 Å². The van der Waals surface area contributed by atoms with Crippen LogP contribution in [0.4, 0.5) is 0 Å². The highest BCUT2D eigenvalue weighted by Gasteiger charge is 2.38. The molecule has 0 N–H and O–H groups in total. The van der Waals surface area contributed by atoms with Gasteiger partial charge in [-0.25, -0.2) is 0 Å². The topological polar surface area (TPSA) is 42.4 Å². The van der Waals surface area contributed by atoms with E-state index in [0.29, 0.717) is 12.6 Å². The molecule has 1 aliphatic rings. The first-order valence-corrected chi connectivity index (χ1v) is 8.55. The van der Waals surface area contributed by atoms with Crippen molar-refractivity contribution in [2.24, 2.45) is 0 Å². The fraction of sp³-hybridized carbons (Fsp3) is 0.400. The molecule has 4 nitrogen and oxygen atoms in total. The van der Waals surface area contributed by atoms with E-state index in [1.807, 2.05) is 67.3 Å². The van der Waals surface area contributed by atoms with Gasteiger partial charge in [-0.2, -0.15) is 0 Å². The average Bonchev–Trinajstić information content (AvgIpc) is 3.46. The Bertz CT molecular complexity index is 656. The normalized spacial score (nSPS) is 16.4. The number of hydrogen-bond acceptors (Lipinski definition) is 3. The molecule has 2 atom stereocenters. The van der Waals surface area contributed by atoms with Crippen LogP contribution in [0.2, 0.25) is 0 Å². The number of benzene rings is 1. The summed E-state index contributed by atoms with van der Waals surface area (Å²) in [5, 5.41) is 0. The van der Waals surface area contributed by atoms with Crippen LogP contribution in [0.3, 0.4) is 0 Å². The lowest BCUT2D eigenvalue weighted by atomic mass is 10.1. The maximum absolute atomic E-state index is 12.9. The minimum Gasteiger partial charge on any atom is -0.364 e. The zero-order valence-electron chi connectivity index (χ0n) is 14.3. The van der Waals surface area contributed by atoms with Crippen molar-refractivity contribution in [3.63, 3.8) is 0 Å². The van der Waals surface area contributed by atoms with Crippen molar-refractivity contribution in [3.8, 4) is 0 Å². The lowest BCUT2D eigenvalue weighted by molar-refractivity contribution is -0.146. The summed E-state index contributed by atoms with van der Waals surface area (Å²) in [6.07, 6.45) is 3.44. The van der Waals surface area contributed by atoms with Crippen molar-refractivity contribution in [1.82, 2.24) is 9.88 Å². The second kappa shape index (κ2) is 7.58. The predicted molar refractivity (Wildman–Crippen MR) is 93.2 cm³/mol. The van der Waals surface area contributed by atoms with Crippen molar-refractivity contribution in [1.29, 1.82) is 0 Å². The first kappa shape index (κ1) is 16.7. The predicted octanol–water partition coefficient (Wildman–Crippen LogP) is 3.74. The molecule has 3 rings (SSSR count). The maximum atomic E-state index is 12.9. The summed E-state index contributed by atoms with van der Waals surface area (Å²) < 4.78 is 5.82. The number of aromatic nitrogens is 1. The number of nitrogens with zero attached hydrogens (tertiary/aromatic N) is 2. The molecule has 4 heteroatoms. The first-order chi connectivity index (χ1) is 11.7. The van der Waals surface area contributed by atoms with Crippen LogP contribution in [0, 0.1) is 0 Å². The van der Waals surface area contributed by atoms with E-state index in [4.69, 9.17) is 4.74 Å². The second-order valence-corrected chi connectivity index (χ2v) is 6.35. The van der Waals surface area contributed by atoms with Gasteiger partial charge in [0, 0.05) is 12.2 Å². The first-order valence-electron chi connectivity index (χ1n) is 8.55. The van der Waals surface area contributed by atoms with Crippen LogP contribution >= 0.6 is 0 Å². The Morgan fingerprint density at radius 3 is 2.50 bits per heavy atom. The standard InChI is InChI=1S/C20H24N2O2/c1-15(19-10-6-7-13-21-19)22(18-11-12-18)20(23)16(2)24-14-17-8-4-3-5-9-17/h3-10,13,15-16,18H,11-12,14H2,1-2H3/t15-,16+/m0/s1. The van der Waals surface area contributed by atoms with Gasteiger partial charge in [-0.15, -0.1) is 0 Å². The highest BCUT2D eigenvalue weighted by Crippen LogP contribution is 2.34. The van der Waals surface area contributed by atoms with Crippen molar-refractivity contribution < 1.29 is 9.53 Å². The number of hydrogen-bond donors (Lipinski definition) is 0. The molecule has 0 spiro atoms. The lowest BCUT2D eigenvalue weighted by Gasteiger charge is -2.31. The van der Waals surface area contributed by atoms with Crippen molar-refractivity contribution in [2.45, 2.75) is 51.5 Å². The SMILES string of the molecule is C[C@@H](OCc1ccccc1)C(=O)N(C1CC1)[C@@H](C)c1ccccn1. The molecular formula is C20H24N2O2. The molecule has 1 aromatic heterocycles. The van der Waals surface area contributed by atoms with E-state index in [2.05, 4.69) is 4.98 Å². The number of ether oxygens (including phenoxy) is 1. The molecule has 1 aliphatic carbocycles. The maximum Gasteiger partial charge on any atom is 0.252 e. The van der Waals surface area contributed by atoms with Crippen LogP contribution in [0.1, 0.15) is 44.0 Å². The lowest BCUT2D eigenvalue weighted by Crippen LogP contribution is -2.42. The Kier molecular flexibility index (Phi) is 5.26. The van der Waals surface area contributed by atoms with Gasteiger partial charge in [0.25, 0.3) is 5.91 Å². The molecule has 1 saturated carbocycles. The molecule has 1 amide bonds. The number of carbonyl (C=O) groups is 1. The molecule has 2 aromatic rings. The summed E-state index contributed by atoms with van der Waals surface area (Å²) >= 11 is 0. The van der Waals surface area contributed by atoms with E-state index in [1.54, 1.807) is 6.20 Å². The highest BCUT2D eigenvalue weighted by atomic mass is 16.5. The molecule has 0 bridgehead atoms. The molecule has 1 aromatic carbocycles. The number of pyridine rings is 1. The van der Waals surface area contributed by atoms with E-state index < -0.39 is 6.10 Å². The largest absolute Gasteiger partial charge is 0.364 e. The molecular weight excluding hydrogens is 300 g/mol. The zero-order valence-corrected chi connectivity index (χ0v) is 14.3. The third-order valence-corrected chi connectivity index (χ3v) is 4.42. The quantitative estimate of drug-likeness (QED) is 0.779. The van der Waals surface area contributed by atoms with Gasteiger partial charge in [0.15, 0.2) is 0 Å². The van der Waals surface area contributed by atoms with Gasteiger partial charge in [0.1, 0.15) is 6.10 Å². The Hall–Kier alpha value is -2.20. The Labute approximate surface area is 143 Å². The van der Waals surface area contributed by atoms with Gasteiger partial charge in [-0.1, -0.05) is 36.4 Å². The number of carbonyl (C=O) groups excluding carboxylic acids is 1. The van der Waals surface area contributed by atoms with E-state index >= 15 is 0 Å². The van der Waals surface area contributed by atoms with Crippen LogP contribution in [-0.2, 0) is 16.1 Å². The van der Waals surface area contributed by atoms with Gasteiger partial charge >= 0.3 is 0 Å². The van der Waals surface area contributed by atoms with Gasteiger partial charge in [0.2, 0.25) is 0 Å². The summed E-state index contributed by atoms with van der Waals surface area (Å²) in [4.78, 5) is 19.3. The van der Waals surface area contributed by atoms with E-state index in [-0.39, 0.29) is 11.9 Å². The van der Waals surface area contributed by atoms with Crippen LogP contribution < -0.4 is 0 Å². The molecule has 0 saturated heterocycles. The third kappa shape index (κ3) is 4.01. The molecule has 24 heavy (non-hydrogen) atoms. The van der Waals surface area contributed by atoms with Crippen molar-refractivity contribution >= 4 is 5.91 Å². The van der Waals surface area contributed by atoms with E-state index in [0.717, 1.165) is 24.1 Å². The van der Waals surface area contributed by atoms with Crippen LogP contribution in [-0.4, -0.2) is 27.9 Å². The van der Waals surface area contributed by atoms with Crippen LogP contribution in [0.5, 0.6) is 0 Å². The highest BCUT2D eigenvalue weighted by molar-refractivity contribution is 5.81.